The first-order chi connectivity index (χ1) is 10.7. The van der Waals surface area contributed by atoms with Gasteiger partial charge < -0.3 is 14.6 Å². The van der Waals surface area contributed by atoms with Crippen molar-refractivity contribution in [3.8, 4) is 5.75 Å². The first kappa shape index (κ1) is 14.6. The quantitative estimate of drug-likeness (QED) is 0.944. The number of carbonyl (C=O) groups is 1. The van der Waals surface area contributed by atoms with Crippen LogP contribution in [0.15, 0.2) is 30.5 Å². The molecule has 1 aromatic carbocycles. The van der Waals surface area contributed by atoms with E-state index >= 15 is 0 Å². The molecule has 0 aliphatic carbocycles. The van der Waals surface area contributed by atoms with Gasteiger partial charge in [-0.3, -0.25) is 4.79 Å². The maximum absolute atomic E-state index is 12.4. The molecule has 0 bridgehead atoms. The average Bonchev–Trinajstić information content (AvgIpc) is 2.99. The summed E-state index contributed by atoms with van der Waals surface area (Å²) in [6.07, 6.45) is 5.14. The van der Waals surface area contributed by atoms with Crippen molar-refractivity contribution in [2.45, 2.75) is 38.8 Å². The number of imidazole rings is 1. The van der Waals surface area contributed by atoms with Crippen molar-refractivity contribution < 1.29 is 9.53 Å². The first-order valence-corrected chi connectivity index (χ1v) is 7.68. The van der Waals surface area contributed by atoms with Crippen molar-refractivity contribution in [1.82, 2.24) is 14.9 Å². The molecule has 1 aliphatic heterocycles. The summed E-state index contributed by atoms with van der Waals surface area (Å²) in [6.45, 7) is 2.93. The molecule has 22 heavy (non-hydrogen) atoms. The molecule has 3 rings (SSSR count). The van der Waals surface area contributed by atoms with Crippen molar-refractivity contribution >= 4 is 5.91 Å². The Morgan fingerprint density at radius 3 is 2.77 bits per heavy atom. The number of hydrogen-bond acceptors (Lipinski definition) is 3. The summed E-state index contributed by atoms with van der Waals surface area (Å²) in [7, 11) is 1.64. The van der Waals surface area contributed by atoms with Crippen LogP contribution in [-0.2, 0) is 13.0 Å². The van der Waals surface area contributed by atoms with E-state index in [1.165, 1.54) is 0 Å². The van der Waals surface area contributed by atoms with Gasteiger partial charge in [-0.05, 0) is 37.5 Å². The zero-order chi connectivity index (χ0) is 15.5. The van der Waals surface area contributed by atoms with Gasteiger partial charge in [-0.2, -0.15) is 0 Å². The highest BCUT2D eigenvalue weighted by molar-refractivity contribution is 5.92. The lowest BCUT2D eigenvalue weighted by atomic mass is 10.1. The molecule has 1 aromatic heterocycles. The summed E-state index contributed by atoms with van der Waals surface area (Å²) in [5, 5.41) is 3.00. The van der Waals surface area contributed by atoms with E-state index in [2.05, 4.69) is 14.9 Å². The average molecular weight is 299 g/mol. The summed E-state index contributed by atoms with van der Waals surface area (Å²) >= 11 is 0. The number of aryl methyl sites for hydroxylation is 2. The number of aromatic nitrogens is 2. The molecule has 116 valence electrons. The number of ether oxygens (including phenoxy) is 1. The van der Waals surface area contributed by atoms with Crippen LogP contribution in [0.5, 0.6) is 5.75 Å². The summed E-state index contributed by atoms with van der Waals surface area (Å²) in [5.74, 6) is 1.71. The van der Waals surface area contributed by atoms with E-state index in [1.807, 2.05) is 37.4 Å². The maximum Gasteiger partial charge on any atom is 0.271 e. The Morgan fingerprint density at radius 2 is 2.09 bits per heavy atom. The molecule has 1 aliphatic rings. The van der Waals surface area contributed by atoms with E-state index in [0.717, 1.165) is 42.9 Å². The van der Waals surface area contributed by atoms with Gasteiger partial charge in [0.1, 0.15) is 17.3 Å². The molecule has 1 amide bonds. The van der Waals surface area contributed by atoms with Crippen LogP contribution in [0.1, 0.15) is 47.7 Å². The molecule has 0 spiro atoms. The van der Waals surface area contributed by atoms with Crippen LogP contribution in [0, 0.1) is 0 Å². The number of methoxy groups -OCH3 is 1. The summed E-state index contributed by atoms with van der Waals surface area (Å²) in [5.41, 5.74) is 1.55. The molecule has 0 saturated heterocycles. The zero-order valence-electron chi connectivity index (χ0n) is 13.0. The van der Waals surface area contributed by atoms with Crippen molar-refractivity contribution in [3.05, 3.63) is 47.5 Å². The van der Waals surface area contributed by atoms with Crippen molar-refractivity contribution in [1.29, 1.82) is 0 Å². The second kappa shape index (κ2) is 6.22. The highest BCUT2D eigenvalue weighted by atomic mass is 16.5. The van der Waals surface area contributed by atoms with E-state index in [-0.39, 0.29) is 11.9 Å². The van der Waals surface area contributed by atoms with E-state index in [1.54, 1.807) is 7.11 Å². The van der Waals surface area contributed by atoms with Crippen LogP contribution in [0.25, 0.3) is 0 Å². The number of nitrogens with one attached hydrogen (secondary N) is 1. The highest BCUT2D eigenvalue weighted by Crippen LogP contribution is 2.18. The van der Waals surface area contributed by atoms with Crippen LogP contribution in [0.2, 0.25) is 0 Å². The Morgan fingerprint density at radius 1 is 1.32 bits per heavy atom. The third kappa shape index (κ3) is 2.98. The summed E-state index contributed by atoms with van der Waals surface area (Å²) in [4.78, 5) is 16.8. The van der Waals surface area contributed by atoms with E-state index in [0.29, 0.717) is 5.69 Å². The molecule has 0 unspecified atom stereocenters. The normalized spacial score (nSPS) is 15.0. The molecule has 5 nitrogen and oxygen atoms in total. The van der Waals surface area contributed by atoms with Gasteiger partial charge in [-0.15, -0.1) is 0 Å². The van der Waals surface area contributed by atoms with Crippen LogP contribution < -0.4 is 10.1 Å². The topological polar surface area (TPSA) is 56.1 Å². The monoisotopic (exact) mass is 299 g/mol. The number of amides is 1. The molecular weight excluding hydrogens is 278 g/mol. The van der Waals surface area contributed by atoms with E-state index in [9.17, 15) is 4.79 Å². The van der Waals surface area contributed by atoms with Crippen molar-refractivity contribution in [3.63, 3.8) is 0 Å². The number of fused-ring (bicyclic) bond motifs is 1. The maximum atomic E-state index is 12.4. The van der Waals surface area contributed by atoms with Gasteiger partial charge in [-0.1, -0.05) is 12.1 Å². The Labute approximate surface area is 130 Å². The second-order valence-corrected chi connectivity index (χ2v) is 5.66. The molecule has 0 radical (unpaired) electrons. The van der Waals surface area contributed by atoms with Gasteiger partial charge in [0.15, 0.2) is 0 Å². The fraction of sp³-hybridized carbons (Fsp3) is 0.412. The summed E-state index contributed by atoms with van der Waals surface area (Å²) < 4.78 is 7.24. The minimum atomic E-state index is -0.120. The van der Waals surface area contributed by atoms with Crippen LogP contribution in [-0.4, -0.2) is 22.6 Å². The molecule has 1 atom stereocenters. The minimum absolute atomic E-state index is 0.0721. The minimum Gasteiger partial charge on any atom is -0.497 e. The van der Waals surface area contributed by atoms with Gasteiger partial charge in [0.2, 0.25) is 0 Å². The first-order valence-electron chi connectivity index (χ1n) is 7.68. The number of hydrogen-bond donors (Lipinski definition) is 1. The molecule has 0 fully saturated rings. The predicted molar refractivity (Wildman–Crippen MR) is 84.0 cm³/mol. The fourth-order valence-corrected chi connectivity index (χ4v) is 2.77. The lowest BCUT2D eigenvalue weighted by Crippen LogP contribution is -2.26. The third-order valence-corrected chi connectivity index (χ3v) is 4.10. The van der Waals surface area contributed by atoms with Crippen molar-refractivity contribution in [2.24, 2.45) is 0 Å². The number of carbonyl (C=O) groups excluding carboxylic acids is 1. The van der Waals surface area contributed by atoms with Crippen LogP contribution >= 0.6 is 0 Å². The highest BCUT2D eigenvalue weighted by Gasteiger charge is 2.18. The molecule has 5 heteroatoms. The fourth-order valence-electron chi connectivity index (χ4n) is 2.77. The van der Waals surface area contributed by atoms with Gasteiger partial charge in [0.25, 0.3) is 5.91 Å². The second-order valence-electron chi connectivity index (χ2n) is 5.66. The van der Waals surface area contributed by atoms with Crippen LogP contribution in [0.4, 0.5) is 0 Å². The number of nitrogens with zero attached hydrogens (tertiary/aromatic N) is 2. The van der Waals surface area contributed by atoms with Gasteiger partial charge in [0.05, 0.1) is 13.2 Å². The molecular formula is C17H21N3O2. The Kier molecular flexibility index (Phi) is 4.13. The number of benzene rings is 1. The third-order valence-electron chi connectivity index (χ3n) is 4.10. The van der Waals surface area contributed by atoms with Crippen LogP contribution in [0.3, 0.4) is 0 Å². The lowest BCUT2D eigenvalue weighted by molar-refractivity contribution is 0.0935. The van der Waals surface area contributed by atoms with E-state index < -0.39 is 0 Å². The Balaban J connectivity index is 1.68. The smallest absolute Gasteiger partial charge is 0.271 e. The lowest BCUT2D eigenvalue weighted by Gasteiger charge is -2.13. The van der Waals surface area contributed by atoms with Gasteiger partial charge >= 0.3 is 0 Å². The van der Waals surface area contributed by atoms with Crippen molar-refractivity contribution in [2.75, 3.05) is 7.11 Å². The predicted octanol–water partition coefficient (Wildman–Crippen LogP) is 2.72. The Hall–Kier alpha value is -2.30. The van der Waals surface area contributed by atoms with E-state index in [4.69, 9.17) is 4.74 Å². The SMILES string of the molecule is COc1ccc([C@H](C)NC(=O)c2cn3c(n2)CCCC3)cc1. The van der Waals surface area contributed by atoms with Gasteiger partial charge in [0, 0.05) is 19.2 Å². The molecule has 2 aromatic rings. The summed E-state index contributed by atoms with van der Waals surface area (Å²) in [6, 6.07) is 7.64. The number of rotatable bonds is 4. The zero-order valence-corrected chi connectivity index (χ0v) is 13.0. The molecule has 0 saturated carbocycles. The largest absolute Gasteiger partial charge is 0.497 e. The molecule has 2 heterocycles. The Bertz CT molecular complexity index is 638. The standard InChI is InChI=1S/C17H21N3O2/c1-12(13-6-8-14(22-2)9-7-13)18-17(21)15-11-20-10-4-3-5-16(20)19-15/h6-9,11-12H,3-5,10H2,1-2H3,(H,18,21)/t12-/m0/s1. The molecule has 1 N–H and O–H groups in total. The van der Waals surface area contributed by atoms with Gasteiger partial charge in [-0.25, -0.2) is 4.98 Å².